The Kier molecular flexibility index (Phi) is 3.71. The van der Waals surface area contributed by atoms with Gasteiger partial charge in [-0.25, -0.2) is 0 Å². The maximum Gasteiger partial charge on any atom is 0.193 e. The summed E-state index contributed by atoms with van der Waals surface area (Å²) in [6.45, 7) is 5.29. The molecule has 2 rings (SSSR count). The Labute approximate surface area is 112 Å². The minimum absolute atomic E-state index is 0.147. The molecule has 0 atom stereocenters. The lowest BCUT2D eigenvalue weighted by Gasteiger charge is -2.07. The van der Waals surface area contributed by atoms with Gasteiger partial charge in [-0.15, -0.1) is 0 Å². The monoisotopic (exact) mass is 250 g/mol. The summed E-state index contributed by atoms with van der Waals surface area (Å²) in [6, 6.07) is 15.8. The van der Waals surface area contributed by atoms with Crippen molar-refractivity contribution in [2.24, 2.45) is 0 Å². The largest absolute Gasteiger partial charge is 0.289 e. The minimum Gasteiger partial charge on any atom is -0.289 e. The fraction of sp³-hybridized carbons (Fsp3) is 0.0588. The van der Waals surface area contributed by atoms with Gasteiger partial charge in [-0.05, 0) is 12.5 Å². The average Bonchev–Trinajstić information content (AvgIpc) is 2.46. The fourth-order valence-corrected chi connectivity index (χ4v) is 1.85. The Morgan fingerprint density at radius 3 is 1.95 bits per heavy atom. The summed E-state index contributed by atoms with van der Waals surface area (Å²) in [7, 11) is 0. The molecule has 0 aromatic heterocycles. The first-order valence-corrected chi connectivity index (χ1v) is 6.00. The number of Topliss-reactive ketones (excluding diaryl/α,β-unsaturated/α-hetero) is 1. The van der Waals surface area contributed by atoms with Crippen molar-refractivity contribution < 1.29 is 9.59 Å². The lowest BCUT2D eigenvalue weighted by molar-refractivity contribution is 0.100. The molecule has 2 heteroatoms. The molecule has 2 aromatic rings. The van der Waals surface area contributed by atoms with Crippen molar-refractivity contribution in [2.75, 3.05) is 0 Å². The van der Waals surface area contributed by atoms with Crippen LogP contribution in [0.25, 0.3) is 0 Å². The average molecular weight is 250 g/mol. The van der Waals surface area contributed by atoms with Gasteiger partial charge in [-0.2, -0.15) is 0 Å². The number of hydrogen-bond donors (Lipinski definition) is 0. The fourth-order valence-electron chi connectivity index (χ4n) is 1.85. The van der Waals surface area contributed by atoms with Crippen molar-refractivity contribution in [2.45, 2.75) is 6.92 Å². The van der Waals surface area contributed by atoms with E-state index in [2.05, 4.69) is 6.58 Å². The first kappa shape index (κ1) is 13.0. The molecule has 2 nitrogen and oxygen atoms in total. The van der Waals surface area contributed by atoms with Gasteiger partial charge in [0.2, 0.25) is 0 Å². The van der Waals surface area contributed by atoms with E-state index in [1.54, 1.807) is 55.5 Å². The van der Waals surface area contributed by atoms with Crippen LogP contribution >= 0.6 is 0 Å². The molecule has 0 aliphatic heterocycles. The molecule has 0 amide bonds. The highest BCUT2D eigenvalue weighted by molar-refractivity contribution is 6.19. The van der Waals surface area contributed by atoms with Crippen molar-refractivity contribution in [3.8, 4) is 0 Å². The van der Waals surface area contributed by atoms with E-state index in [9.17, 15) is 9.59 Å². The second-order valence-electron chi connectivity index (χ2n) is 4.35. The van der Waals surface area contributed by atoms with Crippen LogP contribution < -0.4 is 0 Å². The zero-order valence-electron chi connectivity index (χ0n) is 10.7. The van der Waals surface area contributed by atoms with Crippen molar-refractivity contribution in [3.63, 3.8) is 0 Å². The van der Waals surface area contributed by atoms with Crippen LogP contribution in [-0.2, 0) is 0 Å². The van der Waals surface area contributed by atoms with E-state index in [1.165, 1.54) is 0 Å². The summed E-state index contributed by atoms with van der Waals surface area (Å²) < 4.78 is 0. The van der Waals surface area contributed by atoms with E-state index in [0.717, 1.165) is 0 Å². The van der Waals surface area contributed by atoms with Gasteiger partial charge in [0.1, 0.15) is 0 Å². The first-order valence-electron chi connectivity index (χ1n) is 6.00. The molecule has 0 N–H and O–H groups in total. The smallest absolute Gasteiger partial charge is 0.193 e. The predicted octanol–water partition coefficient (Wildman–Crippen LogP) is 3.68. The molecule has 0 bridgehead atoms. The van der Waals surface area contributed by atoms with Gasteiger partial charge in [0.25, 0.3) is 0 Å². The number of rotatable bonds is 4. The first-order chi connectivity index (χ1) is 9.11. The van der Waals surface area contributed by atoms with Crippen LogP contribution in [0, 0.1) is 0 Å². The Hall–Kier alpha value is -2.48. The third-order valence-electron chi connectivity index (χ3n) is 2.84. The van der Waals surface area contributed by atoms with E-state index >= 15 is 0 Å². The van der Waals surface area contributed by atoms with Gasteiger partial charge in [0, 0.05) is 16.7 Å². The van der Waals surface area contributed by atoms with Crippen LogP contribution in [0.3, 0.4) is 0 Å². The van der Waals surface area contributed by atoms with E-state index in [1.807, 2.05) is 6.07 Å². The normalized spacial score (nSPS) is 9.95. The topological polar surface area (TPSA) is 34.1 Å². The Balaban J connectivity index is 2.49. The maximum atomic E-state index is 12.4. The SMILES string of the molecule is C=C(C)C(=O)c1ccccc1C(=O)c1ccccc1. The molecule has 94 valence electrons. The minimum atomic E-state index is -0.195. The molecule has 0 heterocycles. The maximum absolute atomic E-state index is 12.4. The van der Waals surface area contributed by atoms with E-state index in [4.69, 9.17) is 0 Å². The van der Waals surface area contributed by atoms with Gasteiger partial charge in [0.15, 0.2) is 11.6 Å². The molecule has 0 spiro atoms. The highest BCUT2D eigenvalue weighted by atomic mass is 16.1. The zero-order valence-corrected chi connectivity index (χ0v) is 10.7. The number of ketones is 2. The van der Waals surface area contributed by atoms with E-state index < -0.39 is 0 Å². The molecule has 0 aliphatic rings. The third-order valence-corrected chi connectivity index (χ3v) is 2.84. The van der Waals surface area contributed by atoms with Gasteiger partial charge in [0.05, 0.1) is 0 Å². The molecule has 0 fully saturated rings. The third kappa shape index (κ3) is 2.68. The molecule has 0 saturated carbocycles. The number of allylic oxidation sites excluding steroid dienone is 1. The molecule has 2 aromatic carbocycles. The van der Waals surface area contributed by atoms with Gasteiger partial charge in [-0.3, -0.25) is 9.59 Å². The highest BCUT2D eigenvalue weighted by Gasteiger charge is 2.17. The van der Waals surface area contributed by atoms with E-state index in [-0.39, 0.29) is 11.6 Å². The number of carbonyl (C=O) groups is 2. The molecule has 19 heavy (non-hydrogen) atoms. The van der Waals surface area contributed by atoms with Crippen molar-refractivity contribution >= 4 is 11.6 Å². The van der Waals surface area contributed by atoms with Gasteiger partial charge < -0.3 is 0 Å². The summed E-state index contributed by atoms with van der Waals surface area (Å²) in [5, 5.41) is 0. The molecular formula is C17H14O2. The van der Waals surface area contributed by atoms with Crippen molar-refractivity contribution in [1.29, 1.82) is 0 Å². The second-order valence-corrected chi connectivity index (χ2v) is 4.35. The molecule has 0 aliphatic carbocycles. The van der Waals surface area contributed by atoms with Crippen LogP contribution in [0.2, 0.25) is 0 Å². The number of carbonyl (C=O) groups excluding carboxylic acids is 2. The molecule has 0 unspecified atom stereocenters. The summed E-state index contributed by atoms with van der Waals surface area (Å²) in [5.74, 6) is -0.342. The predicted molar refractivity (Wildman–Crippen MR) is 75.5 cm³/mol. The van der Waals surface area contributed by atoms with Crippen molar-refractivity contribution in [3.05, 3.63) is 83.4 Å². The van der Waals surface area contributed by atoms with Crippen LogP contribution in [0.15, 0.2) is 66.7 Å². The van der Waals surface area contributed by atoms with E-state index in [0.29, 0.717) is 22.3 Å². The summed E-state index contributed by atoms with van der Waals surface area (Å²) in [4.78, 5) is 24.5. The van der Waals surface area contributed by atoms with Crippen molar-refractivity contribution in [1.82, 2.24) is 0 Å². The highest BCUT2D eigenvalue weighted by Crippen LogP contribution is 2.17. The van der Waals surface area contributed by atoms with Crippen LogP contribution in [-0.4, -0.2) is 11.6 Å². The van der Waals surface area contributed by atoms with Crippen LogP contribution in [0.4, 0.5) is 0 Å². The Morgan fingerprint density at radius 1 is 0.842 bits per heavy atom. The molecule has 0 saturated heterocycles. The lowest BCUT2D eigenvalue weighted by atomic mass is 9.94. The molecular weight excluding hydrogens is 236 g/mol. The van der Waals surface area contributed by atoms with Gasteiger partial charge >= 0.3 is 0 Å². The number of hydrogen-bond acceptors (Lipinski definition) is 2. The number of benzene rings is 2. The standard InChI is InChI=1S/C17H14O2/c1-12(2)16(18)14-10-6-7-11-15(14)17(19)13-8-4-3-5-9-13/h3-11H,1H2,2H3. The second kappa shape index (κ2) is 5.44. The lowest BCUT2D eigenvalue weighted by Crippen LogP contribution is -2.10. The zero-order chi connectivity index (χ0) is 13.8. The Morgan fingerprint density at radius 2 is 1.37 bits per heavy atom. The summed E-state index contributed by atoms with van der Waals surface area (Å²) in [5.41, 5.74) is 1.82. The van der Waals surface area contributed by atoms with Crippen LogP contribution in [0.5, 0.6) is 0 Å². The van der Waals surface area contributed by atoms with Crippen LogP contribution in [0.1, 0.15) is 33.2 Å². The quantitative estimate of drug-likeness (QED) is 0.612. The summed E-state index contributed by atoms with van der Waals surface area (Å²) >= 11 is 0. The molecule has 0 radical (unpaired) electrons. The Bertz CT molecular complexity index is 639. The summed E-state index contributed by atoms with van der Waals surface area (Å²) in [6.07, 6.45) is 0. The van der Waals surface area contributed by atoms with Gasteiger partial charge in [-0.1, -0.05) is 61.2 Å².